The monoisotopic (exact) mass is 352 g/mol. The molecule has 1 saturated carbocycles. The lowest BCUT2D eigenvalue weighted by molar-refractivity contribution is -0.140. The Morgan fingerprint density at radius 1 is 1.08 bits per heavy atom. The number of rotatable bonds is 4. The predicted octanol–water partition coefficient (Wildman–Crippen LogP) is 2.99. The molecule has 1 N–H and O–H groups in total. The fraction of sp³-hybridized carbons (Fsp3) is 0.450. The Hall–Kier alpha value is -2.63. The van der Waals surface area contributed by atoms with Gasteiger partial charge in [0.1, 0.15) is 6.04 Å². The van der Waals surface area contributed by atoms with Gasteiger partial charge in [-0.3, -0.25) is 9.59 Å². The number of anilines is 1. The van der Waals surface area contributed by atoms with Gasteiger partial charge in [0.15, 0.2) is 0 Å². The van der Waals surface area contributed by atoms with E-state index in [9.17, 15) is 9.59 Å². The summed E-state index contributed by atoms with van der Waals surface area (Å²) in [4.78, 5) is 27.4. The molecule has 2 fully saturated rings. The highest BCUT2D eigenvalue weighted by molar-refractivity contribution is 5.98. The number of carbonyl (C=O) groups is 2. The van der Waals surface area contributed by atoms with Crippen LogP contribution in [-0.2, 0) is 9.59 Å². The third-order valence-corrected chi connectivity index (χ3v) is 5.43. The van der Waals surface area contributed by atoms with E-state index in [1.807, 2.05) is 41.4 Å². The van der Waals surface area contributed by atoms with E-state index in [2.05, 4.69) is 10.4 Å². The smallest absolute Gasteiger partial charge is 0.247 e. The molecular weight excluding hydrogens is 328 g/mol. The first-order valence-electron chi connectivity index (χ1n) is 9.44. The van der Waals surface area contributed by atoms with Crippen LogP contribution in [0.5, 0.6) is 0 Å². The number of carbonyl (C=O) groups excluding carboxylic acids is 2. The van der Waals surface area contributed by atoms with Gasteiger partial charge in [-0.1, -0.05) is 18.9 Å². The summed E-state index contributed by atoms with van der Waals surface area (Å²) in [5.74, 6) is 0.198. The number of hydrogen-bond acceptors (Lipinski definition) is 3. The molecule has 6 heteroatoms. The van der Waals surface area contributed by atoms with Gasteiger partial charge in [0.25, 0.3) is 0 Å². The first-order valence-corrected chi connectivity index (χ1v) is 9.44. The maximum absolute atomic E-state index is 12.8. The Balaban J connectivity index is 1.45. The zero-order valence-corrected chi connectivity index (χ0v) is 14.8. The topological polar surface area (TPSA) is 67.2 Å². The first-order chi connectivity index (χ1) is 12.7. The van der Waals surface area contributed by atoms with Crippen LogP contribution in [0.4, 0.5) is 5.69 Å². The quantitative estimate of drug-likeness (QED) is 0.920. The van der Waals surface area contributed by atoms with Crippen molar-refractivity contribution in [3.8, 4) is 5.69 Å². The number of amides is 2. The summed E-state index contributed by atoms with van der Waals surface area (Å²) in [5, 5.41) is 7.20. The van der Waals surface area contributed by atoms with Gasteiger partial charge in [0, 0.05) is 30.5 Å². The number of hydrogen-bond donors (Lipinski definition) is 1. The number of aromatic nitrogens is 2. The molecule has 2 heterocycles. The molecule has 1 aliphatic heterocycles. The van der Waals surface area contributed by atoms with Gasteiger partial charge in [-0.05, 0) is 49.9 Å². The van der Waals surface area contributed by atoms with Crippen LogP contribution in [0.15, 0.2) is 42.7 Å². The van der Waals surface area contributed by atoms with Gasteiger partial charge >= 0.3 is 0 Å². The lowest BCUT2D eigenvalue weighted by Gasteiger charge is -2.26. The van der Waals surface area contributed by atoms with Gasteiger partial charge in [0.2, 0.25) is 11.8 Å². The van der Waals surface area contributed by atoms with Gasteiger partial charge in [-0.15, -0.1) is 0 Å². The molecule has 1 atom stereocenters. The molecule has 2 aliphatic rings. The molecule has 4 rings (SSSR count). The minimum atomic E-state index is -0.351. The van der Waals surface area contributed by atoms with Crippen molar-refractivity contribution in [1.82, 2.24) is 14.7 Å². The number of likely N-dealkylation sites (tertiary alicyclic amines) is 1. The van der Waals surface area contributed by atoms with Crippen molar-refractivity contribution in [2.24, 2.45) is 5.92 Å². The number of benzene rings is 1. The van der Waals surface area contributed by atoms with E-state index in [1.54, 1.807) is 10.9 Å². The highest BCUT2D eigenvalue weighted by atomic mass is 16.2. The minimum Gasteiger partial charge on any atom is -0.330 e. The summed E-state index contributed by atoms with van der Waals surface area (Å²) < 4.78 is 1.75. The van der Waals surface area contributed by atoms with Gasteiger partial charge in [-0.2, -0.15) is 5.10 Å². The highest BCUT2D eigenvalue weighted by Crippen LogP contribution is 2.30. The molecule has 6 nitrogen and oxygen atoms in total. The lowest BCUT2D eigenvalue weighted by atomic mass is 10.1. The van der Waals surface area contributed by atoms with Crippen molar-refractivity contribution < 1.29 is 9.59 Å². The van der Waals surface area contributed by atoms with Gasteiger partial charge < -0.3 is 10.2 Å². The van der Waals surface area contributed by atoms with Gasteiger partial charge in [-0.25, -0.2) is 4.68 Å². The molecule has 26 heavy (non-hydrogen) atoms. The second-order valence-electron chi connectivity index (χ2n) is 7.16. The molecule has 0 bridgehead atoms. The molecular formula is C20H24N4O2. The van der Waals surface area contributed by atoms with Crippen LogP contribution < -0.4 is 5.32 Å². The molecule has 2 aromatic rings. The van der Waals surface area contributed by atoms with Gasteiger partial charge in [0.05, 0.1) is 5.69 Å². The largest absolute Gasteiger partial charge is 0.330 e. The van der Waals surface area contributed by atoms with Crippen LogP contribution in [0.1, 0.15) is 38.5 Å². The predicted molar refractivity (Wildman–Crippen MR) is 98.9 cm³/mol. The number of nitrogens with one attached hydrogen (secondary N) is 1. The second-order valence-corrected chi connectivity index (χ2v) is 7.16. The molecule has 1 aromatic carbocycles. The van der Waals surface area contributed by atoms with E-state index < -0.39 is 0 Å². The average molecular weight is 352 g/mol. The zero-order valence-electron chi connectivity index (χ0n) is 14.8. The maximum atomic E-state index is 12.8. The minimum absolute atomic E-state index is 0.0912. The van der Waals surface area contributed by atoms with E-state index in [4.69, 9.17) is 0 Å². The van der Waals surface area contributed by atoms with Crippen molar-refractivity contribution >= 4 is 17.5 Å². The Labute approximate surface area is 153 Å². The van der Waals surface area contributed by atoms with Crippen LogP contribution >= 0.6 is 0 Å². The Bertz CT molecular complexity index is 781. The fourth-order valence-corrected chi connectivity index (χ4v) is 4.08. The molecule has 0 radical (unpaired) electrons. The third-order valence-electron chi connectivity index (χ3n) is 5.43. The van der Waals surface area contributed by atoms with E-state index in [0.717, 1.165) is 49.9 Å². The second kappa shape index (κ2) is 7.32. The van der Waals surface area contributed by atoms with E-state index >= 15 is 0 Å². The van der Waals surface area contributed by atoms with Crippen molar-refractivity contribution in [3.05, 3.63) is 42.7 Å². The normalized spacial score (nSPS) is 20.5. The summed E-state index contributed by atoms with van der Waals surface area (Å²) in [6.45, 7) is 0.695. The van der Waals surface area contributed by atoms with E-state index in [-0.39, 0.29) is 23.8 Å². The SMILES string of the molecule is O=C(Nc1cccc(-n2cccn2)c1)C1CCCN1C(=O)C1CCCC1. The Morgan fingerprint density at radius 2 is 1.92 bits per heavy atom. The fourth-order valence-electron chi connectivity index (χ4n) is 4.08. The van der Waals surface area contributed by atoms with Crippen LogP contribution in [-0.4, -0.2) is 39.1 Å². The summed E-state index contributed by atoms with van der Waals surface area (Å²) in [7, 11) is 0. The summed E-state index contributed by atoms with van der Waals surface area (Å²) >= 11 is 0. The zero-order chi connectivity index (χ0) is 17.9. The van der Waals surface area contributed by atoms with Crippen molar-refractivity contribution in [2.45, 2.75) is 44.6 Å². The highest BCUT2D eigenvalue weighted by Gasteiger charge is 2.37. The van der Waals surface area contributed by atoms with E-state index in [0.29, 0.717) is 6.54 Å². The molecule has 1 aliphatic carbocycles. The molecule has 1 saturated heterocycles. The van der Waals surface area contributed by atoms with Crippen LogP contribution in [0.2, 0.25) is 0 Å². The summed E-state index contributed by atoms with van der Waals surface area (Å²) in [6, 6.07) is 9.09. The Morgan fingerprint density at radius 3 is 2.69 bits per heavy atom. The Kier molecular flexibility index (Phi) is 4.73. The number of nitrogens with zero attached hydrogens (tertiary/aromatic N) is 3. The molecule has 0 spiro atoms. The standard InChI is InChI=1S/C20H24N4O2/c25-19(18-10-4-12-23(18)20(26)15-6-1-2-7-15)22-16-8-3-9-17(14-16)24-13-5-11-21-24/h3,5,8-9,11,13-15,18H,1-2,4,6-7,10,12H2,(H,22,25). The molecule has 2 amide bonds. The van der Waals surface area contributed by atoms with Crippen molar-refractivity contribution in [3.63, 3.8) is 0 Å². The lowest BCUT2D eigenvalue weighted by Crippen LogP contribution is -2.45. The van der Waals surface area contributed by atoms with Crippen molar-refractivity contribution in [1.29, 1.82) is 0 Å². The summed E-state index contributed by atoms with van der Waals surface area (Å²) in [6.07, 6.45) is 9.40. The molecule has 1 aromatic heterocycles. The van der Waals surface area contributed by atoms with E-state index in [1.165, 1.54) is 0 Å². The first kappa shape index (κ1) is 16.8. The van der Waals surface area contributed by atoms with Crippen molar-refractivity contribution in [2.75, 3.05) is 11.9 Å². The maximum Gasteiger partial charge on any atom is 0.247 e. The molecule has 1 unspecified atom stereocenters. The van der Waals surface area contributed by atoms with Crippen LogP contribution in [0.25, 0.3) is 5.69 Å². The average Bonchev–Trinajstić information content (AvgIpc) is 3.44. The summed E-state index contributed by atoms with van der Waals surface area (Å²) in [5.41, 5.74) is 1.61. The third kappa shape index (κ3) is 3.36. The van der Waals surface area contributed by atoms with Crippen LogP contribution in [0, 0.1) is 5.92 Å². The van der Waals surface area contributed by atoms with Crippen LogP contribution in [0.3, 0.4) is 0 Å². The molecule has 136 valence electrons.